The molecule has 1 heterocycles. The minimum atomic E-state index is 0.724. The minimum Gasteiger partial charge on any atom is -0.313 e. The van der Waals surface area contributed by atoms with Crippen molar-refractivity contribution >= 4 is 15.9 Å². The minimum absolute atomic E-state index is 0.724. The lowest BCUT2D eigenvalue weighted by atomic mass is 9.76. The van der Waals surface area contributed by atoms with E-state index >= 15 is 0 Å². The van der Waals surface area contributed by atoms with E-state index in [2.05, 4.69) is 62.4 Å². The Hall–Kier alpha value is -0.420. The smallest absolute Gasteiger partial charge is 0.0178 e. The first-order chi connectivity index (χ1) is 10.2. The lowest BCUT2D eigenvalue weighted by Gasteiger charge is -2.38. The summed E-state index contributed by atoms with van der Waals surface area (Å²) in [6.45, 7) is 7.22. The fourth-order valence-corrected chi connectivity index (χ4v) is 3.73. The quantitative estimate of drug-likeness (QED) is 0.879. The summed E-state index contributed by atoms with van der Waals surface area (Å²) in [6.07, 6.45) is 2.58. The first-order valence-corrected chi connectivity index (χ1v) is 8.90. The molecule has 0 radical (unpaired) electrons. The largest absolute Gasteiger partial charge is 0.313 e. The maximum atomic E-state index is 3.72. The molecule has 1 aliphatic heterocycles. The molecule has 2 aliphatic rings. The van der Waals surface area contributed by atoms with Crippen LogP contribution in [-0.2, 0) is 0 Å². The molecule has 0 aromatic heterocycles. The second-order valence-corrected chi connectivity index (χ2v) is 7.43. The summed E-state index contributed by atoms with van der Waals surface area (Å²) >= 11 is 3.56. The first-order valence-electron chi connectivity index (χ1n) is 8.10. The van der Waals surface area contributed by atoms with Gasteiger partial charge in [-0.15, -0.1) is 0 Å². The summed E-state index contributed by atoms with van der Waals surface area (Å²) in [5.41, 5.74) is 1.49. The number of rotatable bonds is 5. The lowest BCUT2D eigenvalue weighted by molar-refractivity contribution is 0.150. The van der Waals surface area contributed by atoms with Crippen molar-refractivity contribution in [3.05, 3.63) is 34.3 Å². The second-order valence-electron chi connectivity index (χ2n) is 6.52. The first kappa shape index (κ1) is 15.5. The van der Waals surface area contributed by atoms with E-state index in [4.69, 9.17) is 0 Å². The summed E-state index contributed by atoms with van der Waals surface area (Å²) in [6, 6.07) is 9.50. The number of hydrogen-bond donors (Lipinski definition) is 1. The number of nitrogens with zero attached hydrogens (tertiary/aromatic N) is 2. The van der Waals surface area contributed by atoms with Crippen molar-refractivity contribution in [1.29, 1.82) is 0 Å². The van der Waals surface area contributed by atoms with E-state index in [1.165, 1.54) is 55.6 Å². The van der Waals surface area contributed by atoms with Crippen LogP contribution in [0.5, 0.6) is 0 Å². The van der Waals surface area contributed by atoms with Crippen LogP contribution in [0.2, 0.25) is 0 Å². The molecule has 1 saturated heterocycles. The normalized spacial score (nSPS) is 27.5. The molecule has 0 amide bonds. The third-order valence-electron chi connectivity index (χ3n) is 4.92. The Kier molecular flexibility index (Phi) is 5.33. The highest BCUT2D eigenvalue weighted by atomic mass is 79.9. The van der Waals surface area contributed by atoms with Crippen LogP contribution in [0.25, 0.3) is 0 Å². The van der Waals surface area contributed by atoms with E-state index in [0.29, 0.717) is 0 Å². The summed E-state index contributed by atoms with van der Waals surface area (Å²) in [7, 11) is 2.21. The van der Waals surface area contributed by atoms with E-state index in [-0.39, 0.29) is 0 Å². The molecule has 0 atom stereocenters. The van der Waals surface area contributed by atoms with Crippen molar-refractivity contribution in [2.24, 2.45) is 0 Å². The molecule has 2 fully saturated rings. The molecule has 1 N–H and O–H groups in total. The molecular formula is C17H26BrN3. The van der Waals surface area contributed by atoms with Gasteiger partial charge in [0.05, 0.1) is 0 Å². The van der Waals surface area contributed by atoms with Gasteiger partial charge in [0.25, 0.3) is 0 Å². The Bertz CT molecular complexity index is 451. The summed E-state index contributed by atoms with van der Waals surface area (Å²) in [4.78, 5) is 5.00. The molecule has 1 aliphatic carbocycles. The molecule has 21 heavy (non-hydrogen) atoms. The van der Waals surface area contributed by atoms with Gasteiger partial charge in [0.1, 0.15) is 0 Å². The SMILES string of the molecule is CN1CCN(CCNC2CC(c3cccc(Br)c3)C2)CC1. The van der Waals surface area contributed by atoms with E-state index in [9.17, 15) is 0 Å². The Morgan fingerprint density at radius 1 is 1.19 bits per heavy atom. The number of benzene rings is 1. The van der Waals surface area contributed by atoms with E-state index in [0.717, 1.165) is 18.5 Å². The predicted octanol–water partition coefficient (Wildman–Crippen LogP) is 2.53. The highest BCUT2D eigenvalue weighted by molar-refractivity contribution is 9.10. The Balaban J connectivity index is 1.32. The number of hydrogen-bond acceptors (Lipinski definition) is 3. The zero-order valence-corrected chi connectivity index (χ0v) is 14.5. The summed E-state index contributed by atoms with van der Waals surface area (Å²) < 4.78 is 1.20. The van der Waals surface area contributed by atoms with E-state index in [1.807, 2.05) is 0 Å². The van der Waals surface area contributed by atoms with Gasteiger partial charge in [0, 0.05) is 49.8 Å². The van der Waals surface area contributed by atoms with Gasteiger partial charge in [-0.3, -0.25) is 4.90 Å². The van der Waals surface area contributed by atoms with Gasteiger partial charge in [-0.1, -0.05) is 28.1 Å². The van der Waals surface area contributed by atoms with Gasteiger partial charge < -0.3 is 10.2 Å². The number of likely N-dealkylation sites (N-methyl/N-ethyl adjacent to an activating group) is 1. The summed E-state index contributed by atoms with van der Waals surface area (Å²) in [5.74, 6) is 0.753. The fourth-order valence-electron chi connectivity index (χ4n) is 3.32. The fraction of sp³-hybridized carbons (Fsp3) is 0.647. The Labute approximate surface area is 136 Å². The van der Waals surface area contributed by atoms with Gasteiger partial charge in [-0.25, -0.2) is 0 Å². The van der Waals surface area contributed by atoms with Crippen LogP contribution < -0.4 is 5.32 Å². The average molecular weight is 352 g/mol. The second kappa shape index (κ2) is 7.23. The number of nitrogens with one attached hydrogen (secondary N) is 1. The van der Waals surface area contributed by atoms with Crippen molar-refractivity contribution in [3.63, 3.8) is 0 Å². The van der Waals surface area contributed by atoms with Crippen molar-refractivity contribution < 1.29 is 0 Å². The van der Waals surface area contributed by atoms with Crippen molar-refractivity contribution in [3.8, 4) is 0 Å². The number of halogens is 1. The topological polar surface area (TPSA) is 18.5 Å². The molecule has 1 saturated carbocycles. The molecular weight excluding hydrogens is 326 g/mol. The van der Waals surface area contributed by atoms with Crippen LogP contribution in [-0.4, -0.2) is 62.2 Å². The third kappa shape index (κ3) is 4.28. The molecule has 0 spiro atoms. The van der Waals surface area contributed by atoms with Crippen LogP contribution in [0, 0.1) is 0 Å². The van der Waals surface area contributed by atoms with Crippen LogP contribution in [0.3, 0.4) is 0 Å². The molecule has 0 bridgehead atoms. The van der Waals surface area contributed by atoms with Gasteiger partial charge in [0.15, 0.2) is 0 Å². The van der Waals surface area contributed by atoms with Crippen LogP contribution in [0.1, 0.15) is 24.3 Å². The van der Waals surface area contributed by atoms with Crippen molar-refractivity contribution in [1.82, 2.24) is 15.1 Å². The van der Waals surface area contributed by atoms with E-state index in [1.54, 1.807) is 0 Å². The van der Waals surface area contributed by atoms with Crippen LogP contribution >= 0.6 is 15.9 Å². The highest BCUT2D eigenvalue weighted by Gasteiger charge is 2.29. The average Bonchev–Trinajstić information content (AvgIpc) is 2.43. The van der Waals surface area contributed by atoms with Gasteiger partial charge in [-0.05, 0) is 43.5 Å². The van der Waals surface area contributed by atoms with Crippen LogP contribution in [0.4, 0.5) is 0 Å². The molecule has 1 aromatic rings. The maximum absolute atomic E-state index is 3.72. The van der Waals surface area contributed by atoms with Gasteiger partial charge in [-0.2, -0.15) is 0 Å². The molecule has 1 aromatic carbocycles. The zero-order valence-electron chi connectivity index (χ0n) is 12.9. The standard InChI is InChI=1S/C17H26BrN3/c1-20-7-9-21(10-8-20)6-5-19-17-12-15(13-17)14-3-2-4-16(18)11-14/h2-4,11,15,17,19H,5-10,12-13H2,1H3. The molecule has 4 heteroatoms. The van der Waals surface area contributed by atoms with Crippen molar-refractivity contribution in [2.45, 2.75) is 24.8 Å². The van der Waals surface area contributed by atoms with Gasteiger partial charge in [0.2, 0.25) is 0 Å². The van der Waals surface area contributed by atoms with Crippen molar-refractivity contribution in [2.75, 3.05) is 46.3 Å². The highest BCUT2D eigenvalue weighted by Crippen LogP contribution is 2.37. The predicted molar refractivity (Wildman–Crippen MR) is 91.8 cm³/mol. The van der Waals surface area contributed by atoms with E-state index < -0.39 is 0 Å². The third-order valence-corrected chi connectivity index (χ3v) is 5.41. The lowest BCUT2D eigenvalue weighted by Crippen LogP contribution is -2.48. The maximum Gasteiger partial charge on any atom is 0.0178 e. The monoisotopic (exact) mass is 351 g/mol. The zero-order chi connectivity index (χ0) is 14.7. The Morgan fingerprint density at radius 2 is 1.95 bits per heavy atom. The van der Waals surface area contributed by atoms with Crippen LogP contribution in [0.15, 0.2) is 28.7 Å². The summed E-state index contributed by atoms with van der Waals surface area (Å²) in [5, 5.41) is 3.72. The molecule has 3 nitrogen and oxygen atoms in total. The molecule has 3 rings (SSSR count). The molecule has 0 unspecified atom stereocenters. The Morgan fingerprint density at radius 3 is 2.67 bits per heavy atom. The molecule has 116 valence electrons. The number of piperazine rings is 1. The van der Waals surface area contributed by atoms with Gasteiger partial charge >= 0.3 is 0 Å².